The van der Waals surface area contributed by atoms with Crippen LogP contribution in [0.15, 0.2) is 24.3 Å². The Morgan fingerprint density at radius 2 is 2.11 bits per heavy atom. The highest BCUT2D eigenvalue weighted by Crippen LogP contribution is 2.46. The van der Waals surface area contributed by atoms with E-state index in [1.165, 1.54) is 4.88 Å². The summed E-state index contributed by atoms with van der Waals surface area (Å²) < 4.78 is 6.11. The molecule has 0 amide bonds. The number of aromatic nitrogens is 1. The van der Waals surface area contributed by atoms with Crippen molar-refractivity contribution >= 4 is 11.3 Å². The lowest BCUT2D eigenvalue weighted by molar-refractivity contribution is 0.109. The van der Waals surface area contributed by atoms with Gasteiger partial charge in [-0.15, -0.1) is 11.3 Å². The lowest BCUT2D eigenvalue weighted by atomic mass is 9.97. The van der Waals surface area contributed by atoms with Crippen LogP contribution in [0.5, 0.6) is 5.75 Å². The number of benzene rings is 1. The van der Waals surface area contributed by atoms with Gasteiger partial charge in [0.2, 0.25) is 0 Å². The van der Waals surface area contributed by atoms with Crippen molar-refractivity contribution in [3.63, 3.8) is 0 Å². The van der Waals surface area contributed by atoms with Crippen LogP contribution in [0.2, 0.25) is 0 Å². The highest BCUT2D eigenvalue weighted by Gasteiger charge is 2.35. The molecule has 0 unspecified atom stereocenters. The van der Waals surface area contributed by atoms with Crippen LogP contribution in [-0.2, 0) is 12.1 Å². The Balaban J connectivity index is 2.09. The van der Waals surface area contributed by atoms with E-state index in [9.17, 15) is 0 Å². The van der Waals surface area contributed by atoms with Gasteiger partial charge in [0.1, 0.15) is 16.4 Å². The molecule has 1 aromatic carbocycles. The number of ether oxygens (including phenoxy) is 1. The minimum atomic E-state index is -0.300. The van der Waals surface area contributed by atoms with E-state index in [-0.39, 0.29) is 5.60 Å². The van der Waals surface area contributed by atoms with Gasteiger partial charge in [0.15, 0.2) is 0 Å². The standard InChI is InChI=1S/C15H18N2OS/c1-4-16-9-12-17-13-10-7-5-6-8-11(10)18-15(2,3)14(13)19-12/h5-8,16H,4,9H2,1-3H3. The molecule has 0 saturated carbocycles. The highest BCUT2D eigenvalue weighted by atomic mass is 32.1. The van der Waals surface area contributed by atoms with Gasteiger partial charge in [0, 0.05) is 12.1 Å². The van der Waals surface area contributed by atoms with E-state index >= 15 is 0 Å². The van der Waals surface area contributed by atoms with E-state index in [1.807, 2.05) is 18.2 Å². The van der Waals surface area contributed by atoms with E-state index in [0.717, 1.165) is 35.1 Å². The van der Waals surface area contributed by atoms with E-state index in [4.69, 9.17) is 9.72 Å². The predicted molar refractivity (Wildman–Crippen MR) is 78.6 cm³/mol. The van der Waals surface area contributed by atoms with Crippen molar-refractivity contribution in [1.82, 2.24) is 10.3 Å². The molecule has 2 heterocycles. The lowest BCUT2D eigenvalue weighted by Crippen LogP contribution is -2.27. The molecule has 1 aliphatic rings. The zero-order valence-electron chi connectivity index (χ0n) is 11.5. The zero-order valence-corrected chi connectivity index (χ0v) is 12.3. The molecule has 0 radical (unpaired) electrons. The highest BCUT2D eigenvalue weighted by molar-refractivity contribution is 7.12. The number of thiazole rings is 1. The van der Waals surface area contributed by atoms with Gasteiger partial charge in [-0.3, -0.25) is 0 Å². The molecule has 2 aromatic rings. The van der Waals surface area contributed by atoms with Gasteiger partial charge >= 0.3 is 0 Å². The molecular formula is C15H18N2OS. The molecule has 0 atom stereocenters. The minimum absolute atomic E-state index is 0.300. The van der Waals surface area contributed by atoms with Crippen LogP contribution in [0.1, 0.15) is 30.7 Å². The molecule has 4 heteroatoms. The van der Waals surface area contributed by atoms with Crippen LogP contribution in [-0.4, -0.2) is 11.5 Å². The Labute approximate surface area is 117 Å². The van der Waals surface area contributed by atoms with Gasteiger partial charge in [0.25, 0.3) is 0 Å². The van der Waals surface area contributed by atoms with Crippen LogP contribution in [0.25, 0.3) is 11.3 Å². The first kappa shape index (κ1) is 12.6. The predicted octanol–water partition coefficient (Wildman–Crippen LogP) is 3.55. The second-order valence-electron chi connectivity index (χ2n) is 5.17. The van der Waals surface area contributed by atoms with Gasteiger partial charge in [-0.1, -0.05) is 19.1 Å². The molecule has 1 aliphatic heterocycles. The number of para-hydroxylation sites is 1. The summed E-state index contributed by atoms with van der Waals surface area (Å²) >= 11 is 1.75. The number of hydrogen-bond acceptors (Lipinski definition) is 4. The summed E-state index contributed by atoms with van der Waals surface area (Å²) in [7, 11) is 0. The summed E-state index contributed by atoms with van der Waals surface area (Å²) in [6.07, 6.45) is 0. The maximum atomic E-state index is 6.11. The molecule has 19 heavy (non-hydrogen) atoms. The van der Waals surface area contributed by atoms with Crippen LogP contribution in [0, 0.1) is 0 Å². The Kier molecular flexibility index (Phi) is 3.07. The summed E-state index contributed by atoms with van der Waals surface area (Å²) in [5, 5.41) is 4.46. The van der Waals surface area contributed by atoms with Crippen molar-refractivity contribution in [2.75, 3.05) is 6.54 Å². The molecule has 0 aliphatic carbocycles. The quantitative estimate of drug-likeness (QED) is 0.929. The first-order valence-electron chi connectivity index (χ1n) is 6.61. The minimum Gasteiger partial charge on any atom is -0.482 e. The monoisotopic (exact) mass is 274 g/mol. The number of rotatable bonds is 3. The zero-order chi connectivity index (χ0) is 13.5. The van der Waals surface area contributed by atoms with Gasteiger partial charge < -0.3 is 10.1 Å². The van der Waals surface area contributed by atoms with Crippen LogP contribution < -0.4 is 10.1 Å². The third kappa shape index (κ3) is 2.15. The number of hydrogen-bond donors (Lipinski definition) is 1. The Morgan fingerprint density at radius 1 is 1.32 bits per heavy atom. The molecule has 0 bridgehead atoms. The summed E-state index contributed by atoms with van der Waals surface area (Å²) in [5.74, 6) is 0.931. The summed E-state index contributed by atoms with van der Waals surface area (Å²) in [6, 6.07) is 8.14. The molecule has 3 rings (SSSR count). The van der Waals surface area contributed by atoms with Crippen molar-refractivity contribution in [1.29, 1.82) is 0 Å². The molecule has 100 valence electrons. The second-order valence-corrected chi connectivity index (χ2v) is 6.26. The van der Waals surface area contributed by atoms with Crippen LogP contribution in [0.3, 0.4) is 0 Å². The average Bonchev–Trinajstić information content (AvgIpc) is 2.81. The smallest absolute Gasteiger partial charge is 0.140 e. The first-order chi connectivity index (χ1) is 9.12. The maximum Gasteiger partial charge on any atom is 0.140 e. The van der Waals surface area contributed by atoms with E-state index in [0.29, 0.717) is 0 Å². The van der Waals surface area contributed by atoms with E-state index in [1.54, 1.807) is 11.3 Å². The van der Waals surface area contributed by atoms with E-state index in [2.05, 4.69) is 32.2 Å². The molecule has 3 nitrogen and oxygen atoms in total. The Morgan fingerprint density at radius 3 is 2.89 bits per heavy atom. The van der Waals surface area contributed by atoms with Gasteiger partial charge in [-0.2, -0.15) is 0 Å². The largest absolute Gasteiger partial charge is 0.482 e. The van der Waals surface area contributed by atoms with Crippen LogP contribution in [0.4, 0.5) is 0 Å². The van der Waals surface area contributed by atoms with Gasteiger partial charge in [-0.25, -0.2) is 4.98 Å². The SMILES string of the molecule is CCNCc1nc2c(s1)C(C)(C)Oc1ccccc1-2. The fourth-order valence-electron chi connectivity index (χ4n) is 2.34. The van der Waals surface area contributed by atoms with Gasteiger partial charge in [-0.05, 0) is 32.5 Å². The number of nitrogens with zero attached hydrogens (tertiary/aromatic N) is 1. The third-order valence-corrected chi connectivity index (χ3v) is 4.61. The fourth-order valence-corrected chi connectivity index (χ4v) is 3.42. The van der Waals surface area contributed by atoms with Crippen molar-refractivity contribution in [3.8, 4) is 17.0 Å². The average molecular weight is 274 g/mol. The maximum absolute atomic E-state index is 6.11. The third-order valence-electron chi connectivity index (χ3n) is 3.25. The summed E-state index contributed by atoms with van der Waals surface area (Å²) in [5.41, 5.74) is 1.90. The topological polar surface area (TPSA) is 34.2 Å². The lowest BCUT2D eigenvalue weighted by Gasteiger charge is -2.31. The Bertz CT molecular complexity index is 604. The summed E-state index contributed by atoms with van der Waals surface area (Å²) in [6.45, 7) is 8.11. The van der Waals surface area contributed by atoms with E-state index < -0.39 is 0 Å². The molecule has 0 saturated heterocycles. The van der Waals surface area contributed by atoms with Crippen LogP contribution >= 0.6 is 11.3 Å². The van der Waals surface area contributed by atoms with Gasteiger partial charge in [0.05, 0.1) is 10.6 Å². The molecule has 0 fully saturated rings. The normalized spacial score (nSPS) is 15.5. The first-order valence-corrected chi connectivity index (χ1v) is 7.43. The molecule has 1 aromatic heterocycles. The Hall–Kier alpha value is -1.39. The van der Waals surface area contributed by atoms with Crippen molar-refractivity contribution in [3.05, 3.63) is 34.2 Å². The number of fused-ring (bicyclic) bond motifs is 3. The molecular weight excluding hydrogens is 256 g/mol. The number of nitrogens with one attached hydrogen (secondary N) is 1. The molecule has 1 N–H and O–H groups in total. The molecule has 0 spiro atoms. The van der Waals surface area contributed by atoms with Crippen molar-refractivity contribution in [2.24, 2.45) is 0 Å². The van der Waals surface area contributed by atoms with Crippen molar-refractivity contribution in [2.45, 2.75) is 32.9 Å². The fraction of sp³-hybridized carbons (Fsp3) is 0.400. The second kappa shape index (κ2) is 4.62. The van der Waals surface area contributed by atoms with Crippen molar-refractivity contribution < 1.29 is 4.74 Å². The summed E-state index contributed by atoms with van der Waals surface area (Å²) in [4.78, 5) is 6.02.